The Kier molecular flexibility index (Phi) is 5.21. The van der Waals surface area contributed by atoms with E-state index in [1.54, 1.807) is 6.92 Å². The molecule has 22 heavy (non-hydrogen) atoms. The number of benzene rings is 2. The predicted octanol–water partition coefficient (Wildman–Crippen LogP) is 3.95. The molecule has 116 valence electrons. The highest BCUT2D eigenvalue weighted by Crippen LogP contribution is 2.16. The van der Waals surface area contributed by atoms with E-state index in [-0.39, 0.29) is 11.9 Å². The summed E-state index contributed by atoms with van der Waals surface area (Å²) in [4.78, 5) is 12.2. The Balaban J connectivity index is 1.93. The van der Waals surface area contributed by atoms with Crippen LogP contribution in [0.25, 0.3) is 0 Å². The van der Waals surface area contributed by atoms with Crippen molar-refractivity contribution in [1.29, 1.82) is 0 Å². The molecule has 0 fully saturated rings. The molecular formula is C19H23NO2. The topological polar surface area (TPSA) is 38.3 Å². The molecule has 2 rings (SSSR count). The lowest BCUT2D eigenvalue weighted by molar-refractivity contribution is -0.127. The summed E-state index contributed by atoms with van der Waals surface area (Å²) in [5.41, 5.74) is 3.46. The van der Waals surface area contributed by atoms with Gasteiger partial charge in [-0.3, -0.25) is 4.79 Å². The zero-order valence-corrected chi connectivity index (χ0v) is 13.6. The third-order valence-electron chi connectivity index (χ3n) is 3.64. The van der Waals surface area contributed by atoms with Crippen molar-refractivity contribution in [3.05, 3.63) is 65.2 Å². The van der Waals surface area contributed by atoms with Crippen LogP contribution in [0.15, 0.2) is 48.5 Å². The van der Waals surface area contributed by atoms with Crippen molar-refractivity contribution < 1.29 is 9.53 Å². The molecule has 0 aliphatic carbocycles. The Morgan fingerprint density at radius 1 is 0.909 bits per heavy atom. The van der Waals surface area contributed by atoms with Crippen LogP contribution in [0.3, 0.4) is 0 Å². The number of carbonyl (C=O) groups is 1. The minimum absolute atomic E-state index is 0.0443. The molecule has 1 N–H and O–H groups in total. The van der Waals surface area contributed by atoms with E-state index in [0.717, 1.165) is 11.1 Å². The fourth-order valence-electron chi connectivity index (χ4n) is 2.14. The van der Waals surface area contributed by atoms with Crippen LogP contribution in [-0.4, -0.2) is 12.0 Å². The molecule has 2 aromatic carbocycles. The molecule has 2 aromatic rings. The molecule has 0 aliphatic heterocycles. The summed E-state index contributed by atoms with van der Waals surface area (Å²) in [6, 6.07) is 15.8. The highest BCUT2D eigenvalue weighted by Gasteiger charge is 2.17. The molecule has 3 nitrogen and oxygen atoms in total. The first-order valence-corrected chi connectivity index (χ1v) is 7.56. The van der Waals surface area contributed by atoms with Gasteiger partial charge in [0, 0.05) is 0 Å². The molecule has 0 bridgehead atoms. The van der Waals surface area contributed by atoms with E-state index in [1.165, 1.54) is 5.56 Å². The molecule has 0 aromatic heterocycles. The van der Waals surface area contributed by atoms with Gasteiger partial charge in [-0.2, -0.15) is 0 Å². The summed E-state index contributed by atoms with van der Waals surface area (Å²) in [5, 5.41) is 2.98. The zero-order valence-electron chi connectivity index (χ0n) is 13.6. The molecule has 0 unspecified atom stereocenters. The number of carbonyl (C=O) groups excluding carboxylic acids is 1. The largest absolute Gasteiger partial charge is 0.481 e. The molecular weight excluding hydrogens is 274 g/mol. The first kappa shape index (κ1) is 16.1. The monoisotopic (exact) mass is 297 g/mol. The number of hydrogen-bond acceptors (Lipinski definition) is 2. The lowest BCUT2D eigenvalue weighted by atomic mass is 10.1. The van der Waals surface area contributed by atoms with Gasteiger partial charge >= 0.3 is 0 Å². The number of amides is 1. The van der Waals surface area contributed by atoms with Crippen LogP contribution in [0.1, 0.15) is 36.6 Å². The van der Waals surface area contributed by atoms with Crippen molar-refractivity contribution in [2.75, 3.05) is 0 Å². The van der Waals surface area contributed by atoms with Gasteiger partial charge in [0.25, 0.3) is 5.91 Å². The second kappa shape index (κ2) is 7.12. The molecule has 0 heterocycles. The van der Waals surface area contributed by atoms with Crippen LogP contribution < -0.4 is 10.1 Å². The lowest BCUT2D eigenvalue weighted by Gasteiger charge is -2.19. The Morgan fingerprint density at radius 3 is 1.95 bits per heavy atom. The maximum absolute atomic E-state index is 12.2. The number of ether oxygens (including phenoxy) is 1. The van der Waals surface area contributed by atoms with Crippen molar-refractivity contribution >= 4 is 5.91 Å². The third kappa shape index (κ3) is 4.35. The van der Waals surface area contributed by atoms with E-state index in [2.05, 4.69) is 5.32 Å². The van der Waals surface area contributed by atoms with Crippen molar-refractivity contribution in [3.63, 3.8) is 0 Å². The third-order valence-corrected chi connectivity index (χ3v) is 3.64. The van der Waals surface area contributed by atoms with Crippen molar-refractivity contribution in [3.8, 4) is 5.75 Å². The molecule has 3 heteroatoms. The van der Waals surface area contributed by atoms with Gasteiger partial charge in [0.05, 0.1) is 6.04 Å². The summed E-state index contributed by atoms with van der Waals surface area (Å²) in [5.74, 6) is 0.588. The molecule has 0 spiro atoms. The summed E-state index contributed by atoms with van der Waals surface area (Å²) >= 11 is 0. The van der Waals surface area contributed by atoms with Crippen LogP contribution in [0.5, 0.6) is 5.75 Å². The predicted molar refractivity (Wildman–Crippen MR) is 89.0 cm³/mol. The highest BCUT2D eigenvalue weighted by atomic mass is 16.5. The van der Waals surface area contributed by atoms with Gasteiger partial charge in [-0.25, -0.2) is 0 Å². The summed E-state index contributed by atoms with van der Waals surface area (Å²) in [6.45, 7) is 7.80. The smallest absolute Gasteiger partial charge is 0.261 e. The Hall–Kier alpha value is -2.29. The first-order chi connectivity index (χ1) is 10.5. The average molecular weight is 297 g/mol. The van der Waals surface area contributed by atoms with E-state index >= 15 is 0 Å². The van der Waals surface area contributed by atoms with E-state index in [9.17, 15) is 4.79 Å². The van der Waals surface area contributed by atoms with Crippen LogP contribution in [0.4, 0.5) is 0 Å². The van der Waals surface area contributed by atoms with Gasteiger partial charge in [-0.15, -0.1) is 0 Å². The normalized spacial score (nSPS) is 13.3. The van der Waals surface area contributed by atoms with E-state index in [1.807, 2.05) is 69.3 Å². The Morgan fingerprint density at radius 2 is 1.41 bits per heavy atom. The molecule has 0 saturated carbocycles. The number of hydrogen-bond donors (Lipinski definition) is 1. The fraction of sp³-hybridized carbons (Fsp3) is 0.316. The van der Waals surface area contributed by atoms with Crippen LogP contribution in [-0.2, 0) is 4.79 Å². The minimum atomic E-state index is -0.532. The summed E-state index contributed by atoms with van der Waals surface area (Å²) in [7, 11) is 0. The zero-order chi connectivity index (χ0) is 16.1. The quantitative estimate of drug-likeness (QED) is 0.907. The van der Waals surface area contributed by atoms with Crippen molar-refractivity contribution in [2.45, 2.75) is 39.8 Å². The van der Waals surface area contributed by atoms with Crippen LogP contribution in [0, 0.1) is 13.8 Å². The highest BCUT2D eigenvalue weighted by molar-refractivity contribution is 5.81. The molecule has 0 saturated heterocycles. The molecule has 1 amide bonds. The van der Waals surface area contributed by atoms with Gasteiger partial charge in [0.1, 0.15) is 5.75 Å². The van der Waals surface area contributed by atoms with Crippen LogP contribution >= 0.6 is 0 Å². The van der Waals surface area contributed by atoms with Gasteiger partial charge in [0.2, 0.25) is 0 Å². The molecule has 0 aliphatic rings. The van der Waals surface area contributed by atoms with E-state index in [0.29, 0.717) is 5.75 Å². The SMILES string of the molecule is Cc1ccc(O[C@H](C)C(=O)N[C@H](C)c2ccc(C)cc2)cc1. The Bertz CT molecular complexity index is 617. The maximum Gasteiger partial charge on any atom is 0.261 e. The van der Waals surface area contributed by atoms with Gasteiger partial charge in [-0.1, -0.05) is 47.5 Å². The average Bonchev–Trinajstić information content (AvgIpc) is 2.50. The van der Waals surface area contributed by atoms with Gasteiger partial charge in [-0.05, 0) is 45.4 Å². The van der Waals surface area contributed by atoms with Crippen molar-refractivity contribution in [2.24, 2.45) is 0 Å². The first-order valence-electron chi connectivity index (χ1n) is 7.56. The number of nitrogens with one attached hydrogen (secondary N) is 1. The summed E-state index contributed by atoms with van der Waals surface area (Å²) in [6.07, 6.45) is -0.532. The van der Waals surface area contributed by atoms with Gasteiger partial charge < -0.3 is 10.1 Å². The lowest BCUT2D eigenvalue weighted by Crippen LogP contribution is -2.37. The summed E-state index contributed by atoms with van der Waals surface area (Å²) < 4.78 is 5.67. The molecule has 2 atom stereocenters. The van der Waals surface area contributed by atoms with Crippen molar-refractivity contribution in [1.82, 2.24) is 5.32 Å². The van der Waals surface area contributed by atoms with E-state index < -0.39 is 6.10 Å². The second-order valence-electron chi connectivity index (χ2n) is 5.71. The molecule has 0 radical (unpaired) electrons. The number of rotatable bonds is 5. The van der Waals surface area contributed by atoms with Gasteiger partial charge in [0.15, 0.2) is 6.10 Å². The fourth-order valence-corrected chi connectivity index (χ4v) is 2.14. The second-order valence-corrected chi connectivity index (χ2v) is 5.71. The van der Waals surface area contributed by atoms with Crippen LogP contribution in [0.2, 0.25) is 0 Å². The maximum atomic E-state index is 12.2. The standard InChI is InChI=1S/C19H23NO2/c1-13-5-9-17(10-6-13)15(3)20-19(21)16(4)22-18-11-7-14(2)8-12-18/h5-12,15-16H,1-4H3,(H,20,21)/t15-,16-/m1/s1. The Labute approximate surface area is 132 Å². The van der Waals surface area contributed by atoms with E-state index in [4.69, 9.17) is 4.74 Å². The minimum Gasteiger partial charge on any atom is -0.481 e. The number of aryl methyl sites for hydroxylation is 2.